The maximum atomic E-state index is 14.8. The van der Waals surface area contributed by atoms with Gasteiger partial charge in [0.25, 0.3) is 0 Å². The van der Waals surface area contributed by atoms with Crippen LogP contribution in [-0.4, -0.2) is 23.4 Å². The summed E-state index contributed by atoms with van der Waals surface area (Å²) in [6.07, 6.45) is 3.72. The molecule has 3 N–H and O–H groups in total. The van der Waals surface area contributed by atoms with Crippen LogP contribution in [0.25, 0.3) is 22.0 Å². The summed E-state index contributed by atoms with van der Waals surface area (Å²) in [5.74, 6) is -1.39. The van der Waals surface area contributed by atoms with Gasteiger partial charge in [0.1, 0.15) is 0 Å². The number of halogens is 2. The molecule has 0 aliphatic heterocycles. The van der Waals surface area contributed by atoms with Crippen LogP contribution in [-0.2, 0) is 22.2 Å². The molecule has 2 aromatic carbocycles. The zero-order chi connectivity index (χ0) is 22.9. The number of aryl methyl sites for hydroxylation is 1. The topological polar surface area (TPSA) is 111 Å². The van der Waals surface area contributed by atoms with Crippen molar-refractivity contribution in [2.45, 2.75) is 19.1 Å². The minimum atomic E-state index is -3.92. The van der Waals surface area contributed by atoms with Crippen LogP contribution in [0.3, 0.4) is 0 Å². The molecule has 32 heavy (non-hydrogen) atoms. The van der Waals surface area contributed by atoms with Crippen molar-refractivity contribution in [1.29, 1.82) is 0 Å². The summed E-state index contributed by atoms with van der Waals surface area (Å²) < 4.78 is 41.9. The molecular weight excluding hydrogens is 453 g/mol. The first kappa shape index (κ1) is 21.9. The van der Waals surface area contributed by atoms with Crippen molar-refractivity contribution in [3.63, 3.8) is 0 Å². The molecule has 0 radical (unpaired) electrons. The molecule has 0 saturated carbocycles. The highest BCUT2D eigenvalue weighted by Gasteiger charge is 2.18. The van der Waals surface area contributed by atoms with E-state index in [2.05, 4.69) is 19.7 Å². The Morgan fingerprint density at radius 3 is 2.56 bits per heavy atom. The fourth-order valence-electron chi connectivity index (χ4n) is 3.34. The average Bonchev–Trinajstić information content (AvgIpc) is 2.76. The Morgan fingerprint density at radius 2 is 1.84 bits per heavy atom. The molecule has 0 atom stereocenters. The number of nitrogens with two attached hydrogens (primary N) is 1. The van der Waals surface area contributed by atoms with Crippen LogP contribution >= 0.6 is 11.6 Å². The van der Waals surface area contributed by atoms with Crippen LogP contribution in [0, 0.1) is 5.82 Å². The first-order valence-corrected chi connectivity index (χ1v) is 11.7. The third kappa shape index (κ3) is 4.63. The molecule has 2 heterocycles. The third-order valence-corrected chi connectivity index (χ3v) is 6.46. The van der Waals surface area contributed by atoms with Crippen LogP contribution in [0.5, 0.6) is 0 Å². The molecule has 0 bridgehead atoms. The monoisotopic (exact) mass is 471 g/mol. The summed E-state index contributed by atoms with van der Waals surface area (Å²) in [4.78, 5) is 12.3. The van der Waals surface area contributed by atoms with Crippen LogP contribution in [0.4, 0.5) is 16.2 Å². The van der Waals surface area contributed by atoms with Crippen molar-refractivity contribution < 1.29 is 12.8 Å². The maximum absolute atomic E-state index is 14.8. The van der Waals surface area contributed by atoms with E-state index in [0.717, 1.165) is 16.5 Å². The van der Waals surface area contributed by atoms with E-state index in [1.165, 1.54) is 12.3 Å². The van der Waals surface area contributed by atoms with Gasteiger partial charge in [-0.05, 0) is 47.4 Å². The lowest BCUT2D eigenvalue weighted by atomic mass is 10.00. The molecular formula is C22H19ClFN5O2S. The van der Waals surface area contributed by atoms with Crippen molar-refractivity contribution in [2.75, 3.05) is 10.5 Å². The number of hydrogen-bond donors (Lipinski definition) is 2. The molecule has 0 amide bonds. The normalized spacial score (nSPS) is 11.6. The number of fused-ring (bicyclic) bond motifs is 1. The first-order chi connectivity index (χ1) is 15.3. The smallest absolute Gasteiger partial charge is 0.238 e. The highest BCUT2D eigenvalue weighted by Crippen LogP contribution is 2.29. The van der Waals surface area contributed by atoms with Gasteiger partial charge in [0, 0.05) is 28.4 Å². The second-order valence-electron chi connectivity index (χ2n) is 7.16. The number of nitrogen functional groups attached to an aromatic ring is 1. The third-order valence-electron chi connectivity index (χ3n) is 4.89. The van der Waals surface area contributed by atoms with Crippen molar-refractivity contribution >= 4 is 44.3 Å². The number of hydrogen-bond acceptors (Lipinski definition) is 6. The lowest BCUT2D eigenvalue weighted by molar-refractivity contribution is 0.596. The Kier molecular flexibility index (Phi) is 5.94. The van der Waals surface area contributed by atoms with Crippen LogP contribution in [0.1, 0.15) is 18.1 Å². The highest BCUT2D eigenvalue weighted by atomic mass is 35.5. The van der Waals surface area contributed by atoms with E-state index in [9.17, 15) is 12.8 Å². The predicted octanol–water partition coefficient (Wildman–Crippen LogP) is 4.57. The summed E-state index contributed by atoms with van der Waals surface area (Å²) in [7, 11) is -3.92. The number of nitrogens with zero attached hydrogens (tertiary/aromatic N) is 3. The number of sulfonamides is 1. The molecule has 2 aromatic heterocycles. The quantitative estimate of drug-likeness (QED) is 0.426. The molecule has 0 fully saturated rings. The van der Waals surface area contributed by atoms with Crippen LogP contribution in [0.15, 0.2) is 54.9 Å². The SMILES string of the molecule is CCc1cc(-c2cnc(NS(=O)(=O)Cc3ccccc3Cl)c(F)c2)cc2cnc(N)nc12. The van der Waals surface area contributed by atoms with E-state index in [-0.39, 0.29) is 11.8 Å². The zero-order valence-corrected chi connectivity index (χ0v) is 18.6. The Labute approximate surface area is 189 Å². The van der Waals surface area contributed by atoms with Gasteiger partial charge in [0.15, 0.2) is 11.6 Å². The van der Waals surface area contributed by atoms with Crippen molar-refractivity contribution in [3.05, 3.63) is 76.8 Å². The second-order valence-corrected chi connectivity index (χ2v) is 9.29. The van der Waals surface area contributed by atoms with E-state index in [0.29, 0.717) is 28.1 Å². The summed E-state index contributed by atoms with van der Waals surface area (Å²) in [5.41, 5.74) is 8.97. The Bertz CT molecular complexity index is 1430. The molecule has 0 aliphatic rings. The predicted molar refractivity (Wildman–Crippen MR) is 124 cm³/mol. The van der Waals surface area contributed by atoms with Crippen LogP contribution in [0.2, 0.25) is 5.02 Å². The van der Waals surface area contributed by atoms with Crippen LogP contribution < -0.4 is 10.5 Å². The second kappa shape index (κ2) is 8.68. The maximum Gasteiger partial charge on any atom is 0.238 e. The number of aromatic nitrogens is 3. The van der Waals surface area contributed by atoms with Gasteiger partial charge in [-0.2, -0.15) is 0 Å². The molecule has 0 unspecified atom stereocenters. The fraction of sp³-hybridized carbons (Fsp3) is 0.136. The van der Waals surface area contributed by atoms with E-state index in [1.54, 1.807) is 30.5 Å². The van der Waals surface area contributed by atoms with Gasteiger partial charge in [-0.3, -0.25) is 4.72 Å². The largest absolute Gasteiger partial charge is 0.368 e. The van der Waals surface area contributed by atoms with E-state index in [4.69, 9.17) is 17.3 Å². The van der Waals surface area contributed by atoms with E-state index >= 15 is 0 Å². The summed E-state index contributed by atoms with van der Waals surface area (Å²) in [6.45, 7) is 1.98. The molecule has 10 heteroatoms. The number of pyridine rings is 1. The molecule has 4 rings (SSSR count). The minimum absolute atomic E-state index is 0.182. The van der Waals surface area contributed by atoms with Gasteiger partial charge < -0.3 is 5.73 Å². The van der Waals surface area contributed by atoms with Crippen molar-refractivity contribution in [3.8, 4) is 11.1 Å². The summed E-state index contributed by atoms with van der Waals surface area (Å²) in [5, 5.41) is 1.08. The fourth-order valence-corrected chi connectivity index (χ4v) is 4.80. The minimum Gasteiger partial charge on any atom is -0.368 e. The lowest BCUT2D eigenvalue weighted by Gasteiger charge is -2.12. The van der Waals surface area contributed by atoms with E-state index < -0.39 is 21.6 Å². The summed E-state index contributed by atoms with van der Waals surface area (Å²) >= 11 is 6.03. The molecule has 0 spiro atoms. The molecule has 4 aromatic rings. The number of anilines is 2. The molecule has 7 nitrogen and oxygen atoms in total. The lowest BCUT2D eigenvalue weighted by Crippen LogP contribution is -2.17. The number of nitrogens with one attached hydrogen (secondary N) is 1. The van der Waals surface area contributed by atoms with Gasteiger partial charge in [-0.25, -0.2) is 27.8 Å². The zero-order valence-electron chi connectivity index (χ0n) is 17.0. The standard InChI is InChI=1S/C22H19ClFN5O2S/c1-2-13-7-15(8-17-11-27-22(25)28-20(13)17)16-9-19(24)21(26-10-16)29-32(30,31)12-14-5-3-4-6-18(14)23/h3-11H,2,12H2,1H3,(H,26,29)(H2,25,27,28). The van der Waals surface area contributed by atoms with Gasteiger partial charge in [-0.15, -0.1) is 0 Å². The average molecular weight is 472 g/mol. The van der Waals surface area contributed by atoms with E-state index in [1.807, 2.05) is 19.1 Å². The Morgan fingerprint density at radius 1 is 1.06 bits per heavy atom. The Hall–Kier alpha value is -3.30. The first-order valence-electron chi connectivity index (χ1n) is 9.70. The van der Waals surface area contributed by atoms with Gasteiger partial charge in [-0.1, -0.05) is 36.7 Å². The number of benzene rings is 2. The van der Waals surface area contributed by atoms with Crippen molar-refractivity contribution in [1.82, 2.24) is 15.0 Å². The Balaban J connectivity index is 1.64. The molecule has 0 saturated heterocycles. The van der Waals surface area contributed by atoms with Gasteiger partial charge in [0.05, 0.1) is 11.3 Å². The summed E-state index contributed by atoms with van der Waals surface area (Å²) in [6, 6.07) is 11.5. The number of rotatable bonds is 6. The van der Waals surface area contributed by atoms with Gasteiger partial charge >= 0.3 is 0 Å². The highest BCUT2D eigenvalue weighted by molar-refractivity contribution is 7.91. The van der Waals surface area contributed by atoms with Crippen molar-refractivity contribution in [2.24, 2.45) is 0 Å². The molecule has 0 aliphatic carbocycles. The molecule has 164 valence electrons. The van der Waals surface area contributed by atoms with Gasteiger partial charge in [0.2, 0.25) is 16.0 Å².